The van der Waals surface area contributed by atoms with E-state index in [-0.39, 0.29) is 50.7 Å². The number of carbonyl (C=O) groups is 1. The summed E-state index contributed by atoms with van der Waals surface area (Å²) in [4.78, 5) is 13.3. The van der Waals surface area contributed by atoms with Crippen molar-refractivity contribution >= 4 is 60.8 Å². The van der Waals surface area contributed by atoms with Gasteiger partial charge in [-0.05, 0) is 46.5 Å². The van der Waals surface area contributed by atoms with Crippen LogP contribution < -0.4 is 11.5 Å². The molecule has 4 N–H and O–H groups in total. The first-order valence-electron chi connectivity index (χ1n) is 8.30. The van der Waals surface area contributed by atoms with Gasteiger partial charge in [-0.25, -0.2) is 8.78 Å². The molecule has 2 atom stereocenters. The zero-order chi connectivity index (χ0) is 21.0. The molecule has 0 saturated heterocycles. The molecule has 2 aromatic carbocycles. The van der Waals surface area contributed by atoms with Gasteiger partial charge in [0, 0.05) is 33.8 Å². The van der Waals surface area contributed by atoms with Gasteiger partial charge < -0.3 is 11.5 Å². The Bertz CT molecular complexity index is 814. The molecule has 3 nitrogen and oxygen atoms in total. The number of hydrogen-bond acceptors (Lipinski definition) is 3. The number of nitrogens with two attached hydrogens (primary N) is 2. The summed E-state index contributed by atoms with van der Waals surface area (Å²) in [5.74, 6) is -3.31. The summed E-state index contributed by atoms with van der Waals surface area (Å²) >= 11 is 18.5. The molecule has 0 spiro atoms. The maximum Gasteiger partial charge on any atom is 0.149 e. The molecule has 0 heterocycles. The second kappa shape index (κ2) is 10.5. The summed E-state index contributed by atoms with van der Waals surface area (Å²) in [7, 11) is 0. The molecule has 0 saturated carbocycles. The molecule has 2 aromatic rings. The highest BCUT2D eigenvalue weighted by atomic mass is 79.9. The van der Waals surface area contributed by atoms with Gasteiger partial charge in [0.05, 0.1) is 11.8 Å². The number of hydrogen-bond donors (Lipinski definition) is 2. The van der Waals surface area contributed by atoms with Crippen LogP contribution in [-0.2, 0) is 17.9 Å². The maximum atomic E-state index is 14.6. The minimum absolute atomic E-state index is 0.100. The summed E-state index contributed by atoms with van der Waals surface area (Å²) in [6.45, 7) is 0.200. The Labute approximate surface area is 189 Å². The quantitative estimate of drug-likeness (QED) is 0.425. The zero-order valence-corrected chi connectivity index (χ0v) is 19.3. The van der Waals surface area contributed by atoms with E-state index in [0.29, 0.717) is 11.1 Å². The molecule has 0 radical (unpaired) electrons. The molecule has 0 fully saturated rings. The molecule has 0 aliphatic rings. The fraction of sp³-hybridized carbons (Fsp3) is 0.316. The number of halogens is 6. The fourth-order valence-electron chi connectivity index (χ4n) is 2.94. The van der Waals surface area contributed by atoms with Gasteiger partial charge in [-0.2, -0.15) is 0 Å². The minimum Gasteiger partial charge on any atom is -0.326 e. The number of Topliss-reactive ketones (excluding diaryl/α,β-unsaturated/α-hetero) is 1. The average Bonchev–Trinajstić information content (AvgIpc) is 2.66. The van der Waals surface area contributed by atoms with E-state index >= 15 is 0 Å². The smallest absolute Gasteiger partial charge is 0.149 e. The predicted molar refractivity (Wildman–Crippen MR) is 117 cm³/mol. The lowest BCUT2D eigenvalue weighted by molar-refractivity contribution is -0.121. The minimum atomic E-state index is -0.860. The van der Waals surface area contributed by atoms with Crippen LogP contribution in [0.4, 0.5) is 8.78 Å². The van der Waals surface area contributed by atoms with E-state index in [1.165, 1.54) is 12.1 Å². The molecule has 0 amide bonds. The van der Waals surface area contributed by atoms with E-state index < -0.39 is 23.5 Å². The zero-order valence-electron chi connectivity index (χ0n) is 14.6. The van der Waals surface area contributed by atoms with E-state index in [1.54, 1.807) is 0 Å². The largest absolute Gasteiger partial charge is 0.326 e. The van der Waals surface area contributed by atoms with Gasteiger partial charge in [-0.3, -0.25) is 4.79 Å². The number of carbonyl (C=O) groups excluding carboxylic acids is 1. The Morgan fingerprint density at radius 2 is 1.21 bits per heavy atom. The van der Waals surface area contributed by atoms with E-state index in [2.05, 4.69) is 31.9 Å². The second-order valence-corrected chi connectivity index (χ2v) is 8.26. The van der Waals surface area contributed by atoms with Crippen molar-refractivity contribution in [2.45, 2.75) is 24.9 Å². The van der Waals surface area contributed by atoms with Crippen molar-refractivity contribution in [2.75, 3.05) is 10.7 Å². The van der Waals surface area contributed by atoms with Crippen molar-refractivity contribution in [1.29, 1.82) is 0 Å². The molecule has 0 bridgehead atoms. The van der Waals surface area contributed by atoms with Crippen molar-refractivity contribution in [2.24, 2.45) is 11.5 Å². The highest BCUT2D eigenvalue weighted by Crippen LogP contribution is 2.35. The van der Waals surface area contributed by atoms with Crippen LogP contribution in [0.3, 0.4) is 0 Å². The van der Waals surface area contributed by atoms with Crippen molar-refractivity contribution in [1.82, 2.24) is 0 Å². The molecule has 28 heavy (non-hydrogen) atoms. The highest BCUT2D eigenvalue weighted by molar-refractivity contribution is 9.09. The summed E-state index contributed by atoms with van der Waals surface area (Å²) in [6, 6.07) is 5.24. The maximum absolute atomic E-state index is 14.6. The third-order valence-electron chi connectivity index (χ3n) is 4.52. The van der Waals surface area contributed by atoms with Gasteiger partial charge in [0.1, 0.15) is 17.4 Å². The number of rotatable bonds is 8. The number of ketones is 1. The molecule has 152 valence electrons. The molecular weight excluding hydrogens is 541 g/mol. The van der Waals surface area contributed by atoms with Gasteiger partial charge in [0.15, 0.2) is 0 Å². The van der Waals surface area contributed by atoms with Crippen LogP contribution in [0, 0.1) is 11.6 Å². The molecule has 0 aliphatic heterocycles. The Morgan fingerprint density at radius 1 is 0.857 bits per heavy atom. The summed E-state index contributed by atoms with van der Waals surface area (Å²) in [5.41, 5.74) is 12.7. The third kappa shape index (κ3) is 4.94. The second-order valence-electron chi connectivity index (χ2n) is 6.15. The first-order valence-corrected chi connectivity index (χ1v) is 11.3. The van der Waals surface area contributed by atoms with Crippen molar-refractivity contribution in [3.63, 3.8) is 0 Å². The monoisotopic (exact) mass is 556 g/mol. The lowest BCUT2D eigenvalue weighted by atomic mass is 9.84. The van der Waals surface area contributed by atoms with Gasteiger partial charge in [-0.1, -0.05) is 55.1 Å². The van der Waals surface area contributed by atoms with Crippen LogP contribution in [-0.4, -0.2) is 16.4 Å². The lowest BCUT2D eigenvalue weighted by Gasteiger charge is -2.22. The van der Waals surface area contributed by atoms with Crippen LogP contribution in [0.5, 0.6) is 0 Å². The SMILES string of the molecule is NCc1cc(C(CBr)C(=O)C(CBr)c2cc(CN)c(Cl)cc2F)c(F)cc1Cl. The summed E-state index contributed by atoms with van der Waals surface area (Å²) in [5, 5.41) is 0.684. The molecule has 9 heteroatoms. The highest BCUT2D eigenvalue weighted by Gasteiger charge is 2.32. The Balaban J connectivity index is 2.52. The standard InChI is InChI=1S/C19H18Br2Cl2F2N2O/c20-5-13(11-1-9(7-26)15(22)3-17(11)24)19(28)14(6-21)12-2-10(8-27)16(23)4-18(12)25/h1-4,13-14H,5-8,26-27H2. The fourth-order valence-corrected chi connectivity index (χ4v) is 4.73. The van der Waals surface area contributed by atoms with E-state index in [4.69, 9.17) is 34.7 Å². The van der Waals surface area contributed by atoms with E-state index in [1.807, 2.05) is 0 Å². The molecule has 2 unspecified atom stereocenters. The Hall–Kier alpha value is -0.570. The predicted octanol–water partition coefficient (Wildman–Crippen LogP) is 5.42. The number of benzene rings is 2. The summed E-state index contributed by atoms with van der Waals surface area (Å²) in [6.07, 6.45) is 0. The Morgan fingerprint density at radius 3 is 1.50 bits per heavy atom. The average molecular weight is 559 g/mol. The van der Waals surface area contributed by atoms with Gasteiger partial charge in [0.2, 0.25) is 0 Å². The van der Waals surface area contributed by atoms with E-state index in [0.717, 1.165) is 12.1 Å². The van der Waals surface area contributed by atoms with E-state index in [9.17, 15) is 13.6 Å². The van der Waals surface area contributed by atoms with Crippen molar-refractivity contribution in [3.05, 3.63) is 68.2 Å². The first kappa shape index (κ1) is 23.7. The van der Waals surface area contributed by atoms with Crippen molar-refractivity contribution in [3.8, 4) is 0 Å². The van der Waals surface area contributed by atoms with Crippen LogP contribution in [0.1, 0.15) is 34.1 Å². The first-order chi connectivity index (χ1) is 13.3. The Kier molecular flexibility index (Phi) is 8.85. The van der Waals surface area contributed by atoms with Gasteiger partial charge in [-0.15, -0.1) is 0 Å². The third-order valence-corrected chi connectivity index (χ3v) is 6.52. The normalized spacial score (nSPS) is 13.4. The molecule has 0 aliphatic carbocycles. The van der Waals surface area contributed by atoms with Crippen LogP contribution in [0.25, 0.3) is 0 Å². The van der Waals surface area contributed by atoms with Crippen LogP contribution >= 0.6 is 55.1 Å². The summed E-state index contributed by atoms with van der Waals surface area (Å²) < 4.78 is 29.1. The lowest BCUT2D eigenvalue weighted by Crippen LogP contribution is -2.25. The van der Waals surface area contributed by atoms with Crippen molar-refractivity contribution < 1.29 is 13.6 Å². The number of alkyl halides is 2. The molecule has 0 aromatic heterocycles. The topological polar surface area (TPSA) is 69.1 Å². The molecular formula is C19H18Br2Cl2F2N2O. The van der Waals surface area contributed by atoms with Crippen LogP contribution in [0.15, 0.2) is 24.3 Å². The molecule has 2 rings (SSSR count). The van der Waals surface area contributed by atoms with Gasteiger partial charge >= 0.3 is 0 Å². The van der Waals surface area contributed by atoms with Crippen LogP contribution in [0.2, 0.25) is 10.0 Å². The van der Waals surface area contributed by atoms with Gasteiger partial charge in [0.25, 0.3) is 0 Å².